The molecule has 0 amide bonds. The van der Waals surface area contributed by atoms with E-state index in [4.69, 9.17) is 0 Å². The van der Waals surface area contributed by atoms with Gasteiger partial charge in [-0.1, -0.05) is 19.9 Å². The third kappa shape index (κ3) is 1.87. The van der Waals surface area contributed by atoms with Gasteiger partial charge in [0.2, 0.25) is 0 Å². The van der Waals surface area contributed by atoms with Crippen LogP contribution < -0.4 is 0 Å². The van der Waals surface area contributed by atoms with E-state index in [0.29, 0.717) is 5.92 Å². The Morgan fingerprint density at radius 2 is 2.30 bits per heavy atom. The molecule has 10 heavy (non-hydrogen) atoms. The highest BCUT2D eigenvalue weighted by molar-refractivity contribution is 8.02. The highest BCUT2D eigenvalue weighted by atomic mass is 32.2. The van der Waals surface area contributed by atoms with Crippen LogP contribution in [0.15, 0.2) is 15.4 Å². The van der Waals surface area contributed by atoms with Crippen LogP contribution in [0.2, 0.25) is 0 Å². The van der Waals surface area contributed by atoms with E-state index >= 15 is 0 Å². The first kappa shape index (κ1) is 7.86. The summed E-state index contributed by atoms with van der Waals surface area (Å²) in [5.74, 6) is 0.608. The van der Waals surface area contributed by atoms with Gasteiger partial charge in [-0.2, -0.15) is 0 Å². The van der Waals surface area contributed by atoms with Gasteiger partial charge in [-0.3, -0.25) is 0 Å². The predicted octanol–water partition coefficient (Wildman–Crippen LogP) is 3.04. The van der Waals surface area contributed by atoms with Crippen LogP contribution in [0.1, 0.15) is 27.2 Å². The van der Waals surface area contributed by atoms with Crippen molar-refractivity contribution in [1.82, 2.24) is 0 Å². The fourth-order valence-corrected chi connectivity index (χ4v) is 1.50. The predicted molar refractivity (Wildman–Crippen MR) is 48.2 cm³/mol. The summed E-state index contributed by atoms with van der Waals surface area (Å²) in [6, 6.07) is 0. The minimum atomic E-state index is 0.608. The van der Waals surface area contributed by atoms with Crippen LogP contribution in [-0.4, -0.2) is 5.71 Å². The lowest BCUT2D eigenvalue weighted by atomic mass is 10.1. The van der Waals surface area contributed by atoms with Crippen molar-refractivity contribution >= 4 is 17.7 Å². The first-order chi connectivity index (χ1) is 4.70. The topological polar surface area (TPSA) is 12.4 Å². The lowest BCUT2D eigenvalue weighted by Gasteiger charge is -2.11. The van der Waals surface area contributed by atoms with E-state index in [1.807, 2.05) is 0 Å². The number of hydrogen-bond acceptors (Lipinski definition) is 2. The van der Waals surface area contributed by atoms with Gasteiger partial charge in [0.25, 0.3) is 0 Å². The van der Waals surface area contributed by atoms with E-state index in [9.17, 15) is 0 Å². The third-order valence-electron chi connectivity index (χ3n) is 1.57. The van der Waals surface area contributed by atoms with E-state index in [0.717, 1.165) is 6.42 Å². The van der Waals surface area contributed by atoms with E-state index < -0.39 is 0 Å². The molecule has 0 aliphatic carbocycles. The Balaban J connectivity index is 2.54. The number of hydrogen-bond donors (Lipinski definition) is 0. The van der Waals surface area contributed by atoms with E-state index in [1.165, 1.54) is 10.6 Å². The van der Waals surface area contributed by atoms with E-state index in [2.05, 4.69) is 31.2 Å². The van der Waals surface area contributed by atoms with Crippen molar-refractivity contribution in [2.24, 2.45) is 10.3 Å². The highest BCUT2D eigenvalue weighted by Crippen LogP contribution is 2.24. The zero-order valence-electron chi connectivity index (χ0n) is 6.72. The summed E-state index contributed by atoms with van der Waals surface area (Å²) in [5.41, 5.74) is 1.32. The summed E-state index contributed by atoms with van der Waals surface area (Å²) < 4.78 is 4.38. The molecule has 0 spiro atoms. The van der Waals surface area contributed by atoms with Crippen molar-refractivity contribution in [2.75, 3.05) is 0 Å². The standard InChI is InChI=1S/C8H13NS/c1-6(2)8-5-4-7(3)10-9-8/h4,6H,5H2,1-3H3. The van der Waals surface area contributed by atoms with E-state index in [1.54, 1.807) is 11.9 Å². The van der Waals surface area contributed by atoms with Crippen LogP contribution in [0.4, 0.5) is 0 Å². The molecule has 0 saturated carbocycles. The summed E-state index contributed by atoms with van der Waals surface area (Å²) in [4.78, 5) is 1.32. The molecule has 1 nitrogen and oxygen atoms in total. The molecule has 0 aromatic rings. The molecule has 0 N–H and O–H groups in total. The van der Waals surface area contributed by atoms with Gasteiger partial charge in [0.05, 0.1) is 0 Å². The zero-order valence-corrected chi connectivity index (χ0v) is 7.53. The maximum absolute atomic E-state index is 4.38. The second-order valence-corrected chi connectivity index (χ2v) is 3.86. The Labute approximate surface area is 66.8 Å². The van der Waals surface area contributed by atoms with Crippen molar-refractivity contribution in [1.29, 1.82) is 0 Å². The summed E-state index contributed by atoms with van der Waals surface area (Å²) >= 11 is 1.60. The Kier molecular flexibility index (Phi) is 2.55. The zero-order chi connectivity index (χ0) is 7.56. The molecular weight excluding hydrogens is 142 g/mol. The van der Waals surface area contributed by atoms with Crippen LogP contribution in [-0.2, 0) is 0 Å². The van der Waals surface area contributed by atoms with Gasteiger partial charge < -0.3 is 0 Å². The molecule has 0 atom stereocenters. The van der Waals surface area contributed by atoms with Gasteiger partial charge in [0.15, 0.2) is 0 Å². The van der Waals surface area contributed by atoms with Crippen molar-refractivity contribution in [3.05, 3.63) is 11.0 Å². The summed E-state index contributed by atoms with van der Waals surface area (Å²) in [6.45, 7) is 6.48. The highest BCUT2D eigenvalue weighted by Gasteiger charge is 2.07. The smallest absolute Gasteiger partial charge is 0.0329 e. The van der Waals surface area contributed by atoms with Crippen LogP contribution in [0.5, 0.6) is 0 Å². The van der Waals surface area contributed by atoms with Crippen LogP contribution in [0, 0.1) is 5.92 Å². The summed E-state index contributed by atoms with van der Waals surface area (Å²) in [6.07, 6.45) is 3.30. The average molecular weight is 155 g/mol. The van der Waals surface area contributed by atoms with Gasteiger partial charge in [0.1, 0.15) is 0 Å². The van der Waals surface area contributed by atoms with Crippen LogP contribution in [0.25, 0.3) is 0 Å². The molecule has 0 unspecified atom stereocenters. The largest absolute Gasteiger partial charge is 0.220 e. The molecule has 0 saturated heterocycles. The normalized spacial score (nSPS) is 18.8. The molecule has 0 bridgehead atoms. The first-order valence-electron chi connectivity index (χ1n) is 3.60. The number of nitrogens with zero attached hydrogens (tertiary/aromatic N) is 1. The minimum absolute atomic E-state index is 0.608. The Morgan fingerprint density at radius 1 is 1.60 bits per heavy atom. The quantitative estimate of drug-likeness (QED) is 0.530. The van der Waals surface area contributed by atoms with Gasteiger partial charge in [0, 0.05) is 29.0 Å². The Bertz CT molecular complexity index is 180. The summed E-state index contributed by atoms with van der Waals surface area (Å²) in [7, 11) is 0. The molecule has 56 valence electrons. The molecule has 1 aliphatic heterocycles. The van der Waals surface area contributed by atoms with Crippen molar-refractivity contribution in [3.8, 4) is 0 Å². The van der Waals surface area contributed by atoms with E-state index in [-0.39, 0.29) is 0 Å². The van der Waals surface area contributed by atoms with Crippen LogP contribution in [0.3, 0.4) is 0 Å². The van der Waals surface area contributed by atoms with Gasteiger partial charge >= 0.3 is 0 Å². The molecule has 0 radical (unpaired) electrons. The van der Waals surface area contributed by atoms with Crippen molar-refractivity contribution in [3.63, 3.8) is 0 Å². The molecule has 0 aromatic heterocycles. The third-order valence-corrected chi connectivity index (χ3v) is 2.35. The molecular formula is C8H13NS. The van der Waals surface area contributed by atoms with Gasteiger partial charge in [-0.05, 0) is 12.8 Å². The molecule has 2 heteroatoms. The summed E-state index contributed by atoms with van der Waals surface area (Å²) in [5, 5.41) is 0. The number of rotatable bonds is 1. The molecule has 1 aliphatic rings. The Morgan fingerprint density at radius 3 is 2.70 bits per heavy atom. The maximum Gasteiger partial charge on any atom is 0.0329 e. The number of allylic oxidation sites excluding steroid dienone is 2. The second kappa shape index (κ2) is 3.24. The second-order valence-electron chi connectivity index (χ2n) is 2.85. The monoisotopic (exact) mass is 155 g/mol. The lowest BCUT2D eigenvalue weighted by Crippen LogP contribution is -2.07. The first-order valence-corrected chi connectivity index (χ1v) is 4.38. The lowest BCUT2D eigenvalue weighted by molar-refractivity contribution is 0.870. The molecule has 0 aromatic carbocycles. The molecule has 1 rings (SSSR count). The maximum atomic E-state index is 4.38. The van der Waals surface area contributed by atoms with Gasteiger partial charge in [-0.15, -0.1) is 0 Å². The van der Waals surface area contributed by atoms with Gasteiger partial charge in [-0.25, -0.2) is 4.40 Å². The molecule has 1 heterocycles. The minimum Gasteiger partial charge on any atom is -0.220 e. The SMILES string of the molecule is CC1=CCC(C(C)C)=NS1. The fourth-order valence-electron chi connectivity index (χ4n) is 0.795. The average Bonchev–Trinajstić information content (AvgIpc) is 1.88. The fraction of sp³-hybridized carbons (Fsp3) is 0.625. The molecule has 0 fully saturated rings. The van der Waals surface area contributed by atoms with Crippen molar-refractivity contribution in [2.45, 2.75) is 27.2 Å². The Hall–Kier alpha value is -0.240. The van der Waals surface area contributed by atoms with Crippen molar-refractivity contribution < 1.29 is 0 Å². The van der Waals surface area contributed by atoms with Crippen LogP contribution >= 0.6 is 11.9 Å².